The Morgan fingerprint density at radius 2 is 2.10 bits per heavy atom. The minimum Gasteiger partial charge on any atom is -0.336 e. The van der Waals surface area contributed by atoms with Gasteiger partial charge in [-0.25, -0.2) is 0 Å². The first-order valence-corrected chi connectivity index (χ1v) is 6.97. The van der Waals surface area contributed by atoms with Crippen molar-refractivity contribution in [2.45, 2.75) is 25.3 Å². The zero-order valence-corrected chi connectivity index (χ0v) is 11.8. The summed E-state index contributed by atoms with van der Waals surface area (Å²) < 4.78 is 0. The number of hydrogen-bond acceptors (Lipinski definition) is 3. The van der Waals surface area contributed by atoms with E-state index in [0.29, 0.717) is 6.42 Å². The molecule has 1 aromatic carbocycles. The second-order valence-electron chi connectivity index (χ2n) is 5.16. The molecule has 0 saturated carbocycles. The van der Waals surface area contributed by atoms with Crippen molar-refractivity contribution in [3.05, 3.63) is 30.3 Å². The largest absolute Gasteiger partial charge is 0.336 e. The van der Waals surface area contributed by atoms with Gasteiger partial charge < -0.3 is 15.5 Å². The first kappa shape index (κ1) is 14.5. The Labute approximate surface area is 119 Å². The molecule has 5 heteroatoms. The lowest BCUT2D eigenvalue weighted by atomic mass is 10.1. The van der Waals surface area contributed by atoms with Crippen molar-refractivity contribution >= 4 is 17.5 Å². The standard InChI is InChI=1S/C15H21N3O2/c1-18(15(20)10-13-8-5-9-16-13)11-14(19)17-12-6-3-2-4-7-12/h2-4,6-7,13,16H,5,8-11H2,1H3,(H,17,19). The molecule has 1 heterocycles. The summed E-state index contributed by atoms with van der Waals surface area (Å²) in [6.45, 7) is 1.07. The Morgan fingerprint density at radius 1 is 1.35 bits per heavy atom. The summed E-state index contributed by atoms with van der Waals surface area (Å²) in [6, 6.07) is 9.51. The summed E-state index contributed by atoms with van der Waals surface area (Å²) >= 11 is 0. The first-order valence-electron chi connectivity index (χ1n) is 6.97. The maximum atomic E-state index is 12.0. The van der Waals surface area contributed by atoms with Crippen molar-refractivity contribution < 1.29 is 9.59 Å². The summed E-state index contributed by atoms with van der Waals surface area (Å²) in [5.74, 6) is -0.168. The molecule has 20 heavy (non-hydrogen) atoms. The summed E-state index contributed by atoms with van der Waals surface area (Å²) in [5, 5.41) is 6.06. The number of nitrogens with one attached hydrogen (secondary N) is 2. The zero-order valence-electron chi connectivity index (χ0n) is 11.8. The van der Waals surface area contributed by atoms with Gasteiger partial charge in [0.05, 0.1) is 6.54 Å². The van der Waals surface area contributed by atoms with E-state index in [9.17, 15) is 9.59 Å². The van der Waals surface area contributed by atoms with E-state index in [1.807, 2.05) is 30.3 Å². The van der Waals surface area contributed by atoms with Crippen molar-refractivity contribution in [1.82, 2.24) is 10.2 Å². The van der Waals surface area contributed by atoms with Crippen LogP contribution in [0.2, 0.25) is 0 Å². The number of hydrogen-bond donors (Lipinski definition) is 2. The molecule has 0 aliphatic carbocycles. The van der Waals surface area contributed by atoms with Crippen LogP contribution in [0.15, 0.2) is 30.3 Å². The molecule has 1 aliphatic rings. The molecule has 0 bridgehead atoms. The number of para-hydroxylation sites is 1. The zero-order chi connectivity index (χ0) is 14.4. The maximum Gasteiger partial charge on any atom is 0.243 e. The van der Waals surface area contributed by atoms with Crippen LogP contribution < -0.4 is 10.6 Å². The molecule has 1 aromatic rings. The Hall–Kier alpha value is -1.88. The SMILES string of the molecule is CN(CC(=O)Nc1ccccc1)C(=O)CC1CCCN1. The van der Waals surface area contributed by atoms with Gasteiger partial charge in [-0.3, -0.25) is 9.59 Å². The van der Waals surface area contributed by atoms with Gasteiger partial charge in [0.25, 0.3) is 0 Å². The Balaban J connectivity index is 1.76. The smallest absolute Gasteiger partial charge is 0.243 e. The van der Waals surface area contributed by atoms with E-state index in [-0.39, 0.29) is 24.4 Å². The first-order chi connectivity index (χ1) is 9.65. The number of amides is 2. The van der Waals surface area contributed by atoms with Crippen LogP contribution in [0.5, 0.6) is 0 Å². The molecule has 1 fully saturated rings. The molecule has 2 rings (SSSR count). The molecule has 5 nitrogen and oxygen atoms in total. The molecule has 0 radical (unpaired) electrons. The molecular weight excluding hydrogens is 254 g/mol. The van der Waals surface area contributed by atoms with Crippen LogP contribution in [-0.2, 0) is 9.59 Å². The molecule has 0 aromatic heterocycles. The summed E-state index contributed by atoms with van der Waals surface area (Å²) in [6.07, 6.45) is 2.63. The Kier molecular flexibility index (Phi) is 5.12. The van der Waals surface area contributed by atoms with Gasteiger partial charge in [-0.05, 0) is 31.5 Å². The monoisotopic (exact) mass is 275 g/mol. The third-order valence-corrected chi connectivity index (χ3v) is 3.45. The molecule has 1 atom stereocenters. The fourth-order valence-electron chi connectivity index (χ4n) is 2.32. The fraction of sp³-hybridized carbons (Fsp3) is 0.467. The molecule has 108 valence electrons. The lowest BCUT2D eigenvalue weighted by Crippen LogP contribution is -2.38. The van der Waals surface area contributed by atoms with E-state index in [1.54, 1.807) is 7.05 Å². The van der Waals surface area contributed by atoms with Crippen LogP contribution in [0.25, 0.3) is 0 Å². The summed E-state index contributed by atoms with van der Waals surface area (Å²) in [4.78, 5) is 25.3. The van der Waals surface area contributed by atoms with Gasteiger partial charge in [0.1, 0.15) is 0 Å². The lowest BCUT2D eigenvalue weighted by molar-refractivity contribution is -0.133. The average molecular weight is 275 g/mol. The molecule has 2 N–H and O–H groups in total. The second kappa shape index (κ2) is 7.05. The van der Waals surface area contributed by atoms with E-state index in [2.05, 4.69) is 10.6 Å². The van der Waals surface area contributed by atoms with Gasteiger partial charge in [0, 0.05) is 25.2 Å². The normalized spacial score (nSPS) is 17.8. The van der Waals surface area contributed by atoms with Crippen LogP contribution in [0.4, 0.5) is 5.69 Å². The Bertz CT molecular complexity index is 455. The predicted molar refractivity (Wildman–Crippen MR) is 78.4 cm³/mol. The highest BCUT2D eigenvalue weighted by Gasteiger charge is 2.20. The van der Waals surface area contributed by atoms with Gasteiger partial charge in [-0.15, -0.1) is 0 Å². The van der Waals surface area contributed by atoms with E-state index in [4.69, 9.17) is 0 Å². The number of anilines is 1. The number of carbonyl (C=O) groups excluding carboxylic acids is 2. The predicted octanol–water partition coefficient (Wildman–Crippen LogP) is 1.23. The van der Waals surface area contributed by atoms with Crippen LogP contribution in [0.1, 0.15) is 19.3 Å². The van der Waals surface area contributed by atoms with Gasteiger partial charge in [-0.2, -0.15) is 0 Å². The highest BCUT2D eigenvalue weighted by Crippen LogP contribution is 2.10. The molecule has 1 unspecified atom stereocenters. The topological polar surface area (TPSA) is 61.4 Å². The average Bonchev–Trinajstić information content (AvgIpc) is 2.92. The van der Waals surface area contributed by atoms with Crippen molar-refractivity contribution in [3.8, 4) is 0 Å². The van der Waals surface area contributed by atoms with Gasteiger partial charge in [-0.1, -0.05) is 18.2 Å². The van der Waals surface area contributed by atoms with E-state index < -0.39 is 0 Å². The van der Waals surface area contributed by atoms with Crippen LogP contribution in [-0.4, -0.2) is 42.9 Å². The second-order valence-corrected chi connectivity index (χ2v) is 5.16. The van der Waals surface area contributed by atoms with E-state index in [0.717, 1.165) is 25.1 Å². The molecule has 0 spiro atoms. The number of rotatable bonds is 5. The van der Waals surface area contributed by atoms with Gasteiger partial charge in [0.15, 0.2) is 0 Å². The number of nitrogens with zero attached hydrogens (tertiary/aromatic N) is 1. The molecule has 2 amide bonds. The van der Waals surface area contributed by atoms with Gasteiger partial charge >= 0.3 is 0 Å². The van der Waals surface area contributed by atoms with Crippen molar-refractivity contribution in [3.63, 3.8) is 0 Å². The fourth-order valence-corrected chi connectivity index (χ4v) is 2.32. The maximum absolute atomic E-state index is 12.0. The third kappa shape index (κ3) is 4.35. The highest BCUT2D eigenvalue weighted by atomic mass is 16.2. The van der Waals surface area contributed by atoms with Crippen molar-refractivity contribution in [2.75, 3.05) is 25.5 Å². The molecule has 1 saturated heterocycles. The van der Waals surface area contributed by atoms with Crippen molar-refractivity contribution in [1.29, 1.82) is 0 Å². The quantitative estimate of drug-likeness (QED) is 0.849. The minimum atomic E-state index is -0.175. The number of carbonyl (C=O) groups is 2. The molecule has 1 aliphatic heterocycles. The third-order valence-electron chi connectivity index (χ3n) is 3.45. The van der Waals surface area contributed by atoms with E-state index >= 15 is 0 Å². The minimum absolute atomic E-state index is 0.00705. The summed E-state index contributed by atoms with van der Waals surface area (Å²) in [7, 11) is 1.67. The van der Waals surface area contributed by atoms with Crippen LogP contribution >= 0.6 is 0 Å². The number of benzene rings is 1. The lowest BCUT2D eigenvalue weighted by Gasteiger charge is -2.19. The highest BCUT2D eigenvalue weighted by molar-refractivity contribution is 5.94. The number of likely N-dealkylation sites (N-methyl/N-ethyl adjacent to an activating group) is 1. The van der Waals surface area contributed by atoms with Crippen LogP contribution in [0.3, 0.4) is 0 Å². The summed E-state index contributed by atoms with van der Waals surface area (Å²) in [5.41, 5.74) is 0.746. The van der Waals surface area contributed by atoms with Crippen molar-refractivity contribution in [2.24, 2.45) is 0 Å². The van der Waals surface area contributed by atoms with Crippen LogP contribution in [0, 0.1) is 0 Å². The van der Waals surface area contributed by atoms with Gasteiger partial charge in [0.2, 0.25) is 11.8 Å². The molecular formula is C15H21N3O2. The van der Waals surface area contributed by atoms with E-state index in [1.165, 1.54) is 4.90 Å². The Morgan fingerprint density at radius 3 is 2.75 bits per heavy atom.